The van der Waals surface area contributed by atoms with Crippen molar-refractivity contribution in [1.29, 1.82) is 0 Å². The van der Waals surface area contributed by atoms with Crippen molar-refractivity contribution in [3.8, 4) is 5.75 Å². The molecule has 2 fully saturated rings. The van der Waals surface area contributed by atoms with Gasteiger partial charge in [0.1, 0.15) is 18.5 Å². The number of urea groups is 1. The molecule has 3 rings (SSSR count). The number of ether oxygens (including phenoxy) is 1. The molecular formula is C24H29Cl2N5O4. The van der Waals surface area contributed by atoms with E-state index in [-0.39, 0.29) is 49.9 Å². The highest BCUT2D eigenvalue weighted by Gasteiger charge is 2.45. The maximum absolute atomic E-state index is 13.2. The van der Waals surface area contributed by atoms with Crippen LogP contribution in [0.2, 0.25) is 0 Å². The Bertz CT molecular complexity index is 1030. The minimum atomic E-state index is -0.633. The highest BCUT2D eigenvalue weighted by Crippen LogP contribution is 2.22. The SMILES string of the molecule is C=C(/C=C\C(Cl)=C/CCl)CN1CC2N(CC1=O)C(=O)CN(C)N2C(=O)NCc1ccc(OC)cc1. The number of methoxy groups -OCH3 is 1. The van der Waals surface area contributed by atoms with Gasteiger partial charge < -0.3 is 19.9 Å². The molecule has 0 spiro atoms. The third kappa shape index (κ3) is 6.78. The summed E-state index contributed by atoms with van der Waals surface area (Å²) in [6.07, 6.45) is 4.38. The highest BCUT2D eigenvalue weighted by molar-refractivity contribution is 6.32. The number of halogens is 2. The van der Waals surface area contributed by atoms with Crippen LogP contribution in [0.25, 0.3) is 0 Å². The van der Waals surface area contributed by atoms with Gasteiger partial charge in [0.2, 0.25) is 11.8 Å². The number of benzene rings is 1. The van der Waals surface area contributed by atoms with Crippen LogP contribution >= 0.6 is 23.2 Å². The minimum Gasteiger partial charge on any atom is -0.497 e. The van der Waals surface area contributed by atoms with Gasteiger partial charge in [-0.2, -0.15) is 0 Å². The van der Waals surface area contributed by atoms with E-state index in [1.807, 2.05) is 24.3 Å². The smallest absolute Gasteiger partial charge is 0.334 e. The molecule has 0 saturated carbocycles. The molecule has 1 unspecified atom stereocenters. The largest absolute Gasteiger partial charge is 0.497 e. The Hall–Kier alpha value is -3.01. The number of allylic oxidation sites excluding steroid dienone is 3. The maximum atomic E-state index is 13.2. The molecule has 35 heavy (non-hydrogen) atoms. The van der Waals surface area contributed by atoms with Gasteiger partial charge in [0.15, 0.2) is 0 Å². The third-order valence-electron chi connectivity index (χ3n) is 5.69. The first-order valence-electron chi connectivity index (χ1n) is 11.0. The van der Waals surface area contributed by atoms with E-state index in [0.29, 0.717) is 17.2 Å². The zero-order valence-electron chi connectivity index (χ0n) is 19.7. The number of carbonyl (C=O) groups excluding carboxylic acids is 3. The lowest BCUT2D eigenvalue weighted by Gasteiger charge is -2.51. The minimum absolute atomic E-state index is 0.000582. The van der Waals surface area contributed by atoms with Crippen molar-refractivity contribution < 1.29 is 19.1 Å². The predicted octanol–water partition coefficient (Wildman–Crippen LogP) is 2.54. The molecule has 11 heteroatoms. The number of nitrogens with zero attached hydrogens (tertiary/aromatic N) is 4. The number of hydrogen-bond donors (Lipinski definition) is 1. The van der Waals surface area contributed by atoms with Gasteiger partial charge in [-0.3, -0.25) is 9.59 Å². The number of alkyl halides is 1. The number of nitrogens with one attached hydrogen (secondary N) is 1. The average molecular weight is 522 g/mol. The zero-order chi connectivity index (χ0) is 25.5. The Morgan fingerprint density at radius 3 is 2.57 bits per heavy atom. The van der Waals surface area contributed by atoms with E-state index in [1.54, 1.807) is 42.3 Å². The van der Waals surface area contributed by atoms with Gasteiger partial charge in [0, 0.05) is 31.0 Å². The Morgan fingerprint density at radius 1 is 1.20 bits per heavy atom. The zero-order valence-corrected chi connectivity index (χ0v) is 21.3. The molecule has 1 aromatic rings. The van der Waals surface area contributed by atoms with E-state index in [2.05, 4.69) is 11.9 Å². The Morgan fingerprint density at radius 2 is 1.91 bits per heavy atom. The predicted molar refractivity (Wildman–Crippen MR) is 135 cm³/mol. The fourth-order valence-electron chi connectivity index (χ4n) is 3.88. The number of likely N-dealkylation sites (N-methyl/N-ethyl adjacent to an activating group) is 1. The van der Waals surface area contributed by atoms with E-state index in [1.165, 1.54) is 9.91 Å². The second kappa shape index (κ2) is 12.1. The second-order valence-corrected chi connectivity index (χ2v) is 8.92. The first-order chi connectivity index (χ1) is 16.7. The molecule has 1 N–H and O–H groups in total. The van der Waals surface area contributed by atoms with Gasteiger partial charge in [-0.15, -0.1) is 11.6 Å². The summed E-state index contributed by atoms with van der Waals surface area (Å²) in [7, 11) is 3.27. The van der Waals surface area contributed by atoms with Crippen molar-refractivity contribution in [3.63, 3.8) is 0 Å². The Balaban J connectivity index is 1.69. The van der Waals surface area contributed by atoms with Crippen molar-refractivity contribution in [3.05, 3.63) is 65.2 Å². The van der Waals surface area contributed by atoms with E-state index in [9.17, 15) is 14.4 Å². The molecule has 2 aliphatic heterocycles. The van der Waals surface area contributed by atoms with Crippen molar-refractivity contribution in [1.82, 2.24) is 25.1 Å². The maximum Gasteiger partial charge on any atom is 0.334 e. The van der Waals surface area contributed by atoms with Crippen LogP contribution < -0.4 is 10.1 Å². The third-order valence-corrected chi connectivity index (χ3v) is 6.13. The standard InChI is InChI=1S/C24H29Cl2N5O4/c1-17(4-7-19(26)10-11-25)13-29-14-21-30(16-22(29)32)23(33)15-28(2)31(21)24(34)27-12-18-5-8-20(35-3)9-6-18/h4-10,21H,1,11-16H2,2-3H3,(H,27,34)/b7-4-,19-10+. The van der Waals surface area contributed by atoms with Crippen LogP contribution in [0.1, 0.15) is 5.56 Å². The van der Waals surface area contributed by atoms with E-state index in [0.717, 1.165) is 11.3 Å². The molecule has 0 aliphatic carbocycles. The van der Waals surface area contributed by atoms with Crippen molar-refractivity contribution in [2.24, 2.45) is 0 Å². The van der Waals surface area contributed by atoms with Gasteiger partial charge in [-0.25, -0.2) is 14.8 Å². The number of amides is 4. The van der Waals surface area contributed by atoms with Gasteiger partial charge in [-0.1, -0.05) is 42.5 Å². The lowest BCUT2D eigenvalue weighted by molar-refractivity contribution is -0.177. The number of carbonyl (C=O) groups is 3. The molecule has 0 bridgehead atoms. The summed E-state index contributed by atoms with van der Waals surface area (Å²) in [6.45, 7) is 4.58. The normalized spacial score (nSPS) is 19.3. The average Bonchev–Trinajstić information content (AvgIpc) is 2.83. The molecular weight excluding hydrogens is 493 g/mol. The van der Waals surface area contributed by atoms with Gasteiger partial charge in [0.05, 0.1) is 20.2 Å². The number of rotatable bonds is 8. The molecule has 0 aromatic heterocycles. The van der Waals surface area contributed by atoms with Crippen LogP contribution in [0.3, 0.4) is 0 Å². The van der Waals surface area contributed by atoms with Gasteiger partial charge in [0.25, 0.3) is 0 Å². The number of hydrogen-bond acceptors (Lipinski definition) is 5. The first-order valence-corrected chi connectivity index (χ1v) is 11.9. The molecule has 9 nitrogen and oxygen atoms in total. The lowest BCUT2D eigenvalue weighted by Crippen LogP contribution is -2.73. The van der Waals surface area contributed by atoms with Crippen molar-refractivity contribution in [2.45, 2.75) is 12.7 Å². The lowest BCUT2D eigenvalue weighted by atomic mass is 10.1. The molecule has 1 atom stereocenters. The first kappa shape index (κ1) is 26.6. The Kier molecular flexibility index (Phi) is 9.20. The molecule has 1 aromatic carbocycles. The molecule has 2 saturated heterocycles. The fourth-order valence-corrected chi connectivity index (χ4v) is 4.27. The summed E-state index contributed by atoms with van der Waals surface area (Å²) in [5.74, 6) is 0.595. The Labute approximate surface area is 215 Å². The fraction of sp³-hybridized carbons (Fsp3) is 0.375. The summed E-state index contributed by atoms with van der Waals surface area (Å²) in [4.78, 5) is 41.6. The van der Waals surface area contributed by atoms with Crippen LogP contribution in [-0.4, -0.2) is 90.0 Å². The molecule has 0 radical (unpaired) electrons. The van der Waals surface area contributed by atoms with Crippen LogP contribution in [0.4, 0.5) is 4.79 Å². The van der Waals surface area contributed by atoms with Crippen LogP contribution in [0.5, 0.6) is 5.75 Å². The van der Waals surface area contributed by atoms with E-state index >= 15 is 0 Å². The van der Waals surface area contributed by atoms with Gasteiger partial charge >= 0.3 is 6.03 Å². The van der Waals surface area contributed by atoms with Crippen LogP contribution in [-0.2, 0) is 16.1 Å². The van der Waals surface area contributed by atoms with Crippen LogP contribution in [0, 0.1) is 0 Å². The topological polar surface area (TPSA) is 85.4 Å². The quantitative estimate of drug-likeness (QED) is 0.419. The molecule has 2 heterocycles. The molecule has 2 aliphatic rings. The molecule has 4 amide bonds. The number of piperazine rings is 1. The van der Waals surface area contributed by atoms with Crippen LogP contribution in [0.15, 0.2) is 59.7 Å². The molecule has 188 valence electrons. The highest BCUT2D eigenvalue weighted by atomic mass is 35.5. The summed E-state index contributed by atoms with van der Waals surface area (Å²) in [5.41, 5.74) is 1.55. The van der Waals surface area contributed by atoms with Crippen molar-refractivity contribution in [2.75, 3.05) is 46.2 Å². The monoisotopic (exact) mass is 521 g/mol. The summed E-state index contributed by atoms with van der Waals surface area (Å²) in [5, 5.41) is 6.43. The van der Waals surface area contributed by atoms with Gasteiger partial charge in [-0.05, 0) is 29.3 Å². The van der Waals surface area contributed by atoms with E-state index < -0.39 is 6.17 Å². The summed E-state index contributed by atoms with van der Waals surface area (Å²) in [6, 6.07) is 7.00. The van der Waals surface area contributed by atoms with Crippen molar-refractivity contribution >= 4 is 41.0 Å². The van der Waals surface area contributed by atoms with E-state index in [4.69, 9.17) is 27.9 Å². The summed E-state index contributed by atoms with van der Waals surface area (Å²) < 4.78 is 5.16. The number of fused-ring (bicyclic) bond motifs is 1. The second-order valence-electron chi connectivity index (χ2n) is 8.18. The number of hydrazine groups is 1. The summed E-state index contributed by atoms with van der Waals surface area (Å²) >= 11 is 11.7.